The number of hydrogen-bond acceptors (Lipinski definition) is 4. The number of amides is 1. The van der Waals surface area contributed by atoms with Gasteiger partial charge >= 0.3 is 5.97 Å². The summed E-state index contributed by atoms with van der Waals surface area (Å²) in [7, 11) is 0. The van der Waals surface area contributed by atoms with Crippen LogP contribution in [0.3, 0.4) is 0 Å². The van der Waals surface area contributed by atoms with Gasteiger partial charge < -0.3 is 14.6 Å². The molecule has 1 heterocycles. The number of pyridine rings is 1. The van der Waals surface area contributed by atoms with Crippen LogP contribution < -0.4 is 10.9 Å². The summed E-state index contributed by atoms with van der Waals surface area (Å²) < 4.78 is 19.6. The number of ether oxygens (including phenoxy) is 1. The van der Waals surface area contributed by atoms with Gasteiger partial charge in [0.2, 0.25) is 0 Å². The van der Waals surface area contributed by atoms with Gasteiger partial charge in [-0.2, -0.15) is 0 Å². The lowest BCUT2D eigenvalue weighted by molar-refractivity contribution is -0.147. The molecule has 1 unspecified atom stereocenters. The van der Waals surface area contributed by atoms with Crippen molar-refractivity contribution in [3.63, 3.8) is 0 Å². The van der Waals surface area contributed by atoms with E-state index < -0.39 is 23.7 Å². The minimum absolute atomic E-state index is 0.0123. The maximum atomic E-state index is 12.9. The number of aromatic nitrogens is 1. The van der Waals surface area contributed by atoms with Crippen molar-refractivity contribution in [2.45, 2.75) is 26.4 Å². The summed E-state index contributed by atoms with van der Waals surface area (Å²) in [6.07, 6.45) is 1.60. The third-order valence-corrected chi connectivity index (χ3v) is 3.79. The predicted octanol–water partition coefficient (Wildman–Crippen LogP) is 1.99. The van der Waals surface area contributed by atoms with E-state index in [-0.39, 0.29) is 30.2 Å². The van der Waals surface area contributed by atoms with Crippen LogP contribution in [-0.4, -0.2) is 29.1 Å². The van der Waals surface area contributed by atoms with Gasteiger partial charge in [0, 0.05) is 17.8 Å². The van der Waals surface area contributed by atoms with Crippen LogP contribution in [0, 0.1) is 11.7 Å². The monoisotopic (exact) mass is 360 g/mol. The van der Waals surface area contributed by atoms with Crippen molar-refractivity contribution in [2.24, 2.45) is 5.92 Å². The summed E-state index contributed by atoms with van der Waals surface area (Å²) in [5.41, 5.74) is 0.0641. The molecular weight excluding hydrogens is 339 g/mol. The molecule has 2 rings (SSSR count). The molecular formula is C19H21FN2O4. The van der Waals surface area contributed by atoms with Gasteiger partial charge in [0.1, 0.15) is 18.5 Å². The molecule has 7 heteroatoms. The number of rotatable bonds is 7. The van der Waals surface area contributed by atoms with E-state index in [1.54, 1.807) is 32.2 Å². The van der Waals surface area contributed by atoms with Gasteiger partial charge in [-0.1, -0.05) is 19.9 Å². The van der Waals surface area contributed by atoms with E-state index in [0.717, 1.165) is 0 Å². The molecule has 1 N–H and O–H groups in total. The summed E-state index contributed by atoms with van der Waals surface area (Å²) in [4.78, 5) is 36.1. The summed E-state index contributed by atoms with van der Waals surface area (Å²) >= 11 is 0. The number of benzene rings is 1. The highest BCUT2D eigenvalue weighted by atomic mass is 19.1. The number of esters is 1. The smallest absolute Gasteiger partial charge is 0.328 e. The van der Waals surface area contributed by atoms with Crippen molar-refractivity contribution in [3.05, 3.63) is 70.4 Å². The fourth-order valence-corrected chi connectivity index (χ4v) is 2.30. The number of halogens is 1. The average Bonchev–Trinajstić information content (AvgIpc) is 2.61. The van der Waals surface area contributed by atoms with Crippen LogP contribution >= 0.6 is 0 Å². The van der Waals surface area contributed by atoms with Gasteiger partial charge in [-0.25, -0.2) is 9.18 Å². The van der Waals surface area contributed by atoms with E-state index in [0.29, 0.717) is 0 Å². The molecule has 6 nitrogen and oxygen atoms in total. The molecule has 26 heavy (non-hydrogen) atoms. The minimum Gasteiger partial charge on any atom is -0.462 e. The first-order valence-electron chi connectivity index (χ1n) is 8.27. The van der Waals surface area contributed by atoms with Crippen molar-refractivity contribution in [1.82, 2.24) is 9.88 Å². The number of hydrogen-bond donors (Lipinski definition) is 1. The van der Waals surface area contributed by atoms with E-state index in [9.17, 15) is 18.8 Å². The van der Waals surface area contributed by atoms with Crippen LogP contribution in [0.25, 0.3) is 0 Å². The molecule has 0 saturated carbocycles. The Morgan fingerprint density at radius 1 is 1.15 bits per heavy atom. The fraction of sp³-hybridized carbons (Fsp3) is 0.316. The van der Waals surface area contributed by atoms with E-state index in [2.05, 4.69) is 5.32 Å². The van der Waals surface area contributed by atoms with Gasteiger partial charge in [-0.3, -0.25) is 9.59 Å². The zero-order valence-electron chi connectivity index (χ0n) is 14.6. The Bertz CT molecular complexity index is 815. The van der Waals surface area contributed by atoms with E-state index >= 15 is 0 Å². The molecule has 0 saturated heterocycles. The van der Waals surface area contributed by atoms with E-state index in [1.165, 1.54) is 34.9 Å². The van der Waals surface area contributed by atoms with Crippen LogP contribution in [0.2, 0.25) is 0 Å². The van der Waals surface area contributed by atoms with Gasteiger partial charge in [-0.15, -0.1) is 0 Å². The first-order valence-corrected chi connectivity index (χ1v) is 8.27. The van der Waals surface area contributed by atoms with Gasteiger partial charge in [0.15, 0.2) is 0 Å². The highest BCUT2D eigenvalue weighted by molar-refractivity contribution is 5.96. The Labute approximate surface area is 150 Å². The molecule has 0 radical (unpaired) electrons. The molecule has 0 aliphatic carbocycles. The average molecular weight is 360 g/mol. The minimum atomic E-state index is -0.847. The van der Waals surface area contributed by atoms with E-state index in [1.807, 2.05) is 0 Å². The lowest BCUT2D eigenvalue weighted by Crippen LogP contribution is -2.45. The van der Waals surface area contributed by atoms with Crippen LogP contribution in [0.4, 0.5) is 4.39 Å². The SMILES string of the molecule is CC(C)C(NC(=O)c1ccc(F)cc1)C(=O)OCCn1ccccc1=O. The third kappa shape index (κ3) is 5.27. The quantitative estimate of drug-likeness (QED) is 0.766. The van der Waals surface area contributed by atoms with Gasteiger partial charge in [-0.05, 0) is 36.2 Å². The highest BCUT2D eigenvalue weighted by Crippen LogP contribution is 2.08. The normalized spacial score (nSPS) is 11.8. The number of carbonyl (C=O) groups is 2. The summed E-state index contributed by atoms with van der Waals surface area (Å²) in [6, 6.07) is 8.95. The molecule has 0 fully saturated rings. The number of nitrogens with one attached hydrogen (secondary N) is 1. The zero-order chi connectivity index (χ0) is 19.1. The molecule has 138 valence electrons. The van der Waals surface area contributed by atoms with Crippen LogP contribution in [0.5, 0.6) is 0 Å². The Balaban J connectivity index is 1.94. The number of carbonyl (C=O) groups excluding carboxylic acids is 2. The summed E-state index contributed by atoms with van der Waals surface area (Å²) in [5, 5.41) is 2.61. The molecule has 2 aromatic rings. The van der Waals surface area contributed by atoms with Crippen molar-refractivity contribution in [3.8, 4) is 0 Å². The molecule has 0 aliphatic rings. The second-order valence-corrected chi connectivity index (χ2v) is 6.10. The van der Waals surface area contributed by atoms with Crippen LogP contribution in [0.15, 0.2) is 53.5 Å². The molecule has 1 aromatic carbocycles. The second kappa shape index (κ2) is 8.94. The third-order valence-electron chi connectivity index (χ3n) is 3.79. The van der Waals surface area contributed by atoms with Crippen molar-refractivity contribution >= 4 is 11.9 Å². The highest BCUT2D eigenvalue weighted by Gasteiger charge is 2.26. The maximum absolute atomic E-state index is 12.9. The van der Waals surface area contributed by atoms with Crippen LogP contribution in [0.1, 0.15) is 24.2 Å². The Morgan fingerprint density at radius 3 is 2.46 bits per heavy atom. The maximum Gasteiger partial charge on any atom is 0.328 e. The Morgan fingerprint density at radius 2 is 1.85 bits per heavy atom. The van der Waals surface area contributed by atoms with E-state index in [4.69, 9.17) is 4.74 Å². The fourth-order valence-electron chi connectivity index (χ4n) is 2.30. The largest absolute Gasteiger partial charge is 0.462 e. The second-order valence-electron chi connectivity index (χ2n) is 6.10. The Kier molecular flexibility index (Phi) is 6.66. The molecule has 1 atom stereocenters. The van der Waals surface area contributed by atoms with Crippen LogP contribution in [-0.2, 0) is 16.1 Å². The first kappa shape index (κ1) is 19.4. The summed E-state index contributed by atoms with van der Waals surface area (Å²) in [5.74, 6) is -1.72. The lowest BCUT2D eigenvalue weighted by Gasteiger charge is -2.21. The zero-order valence-corrected chi connectivity index (χ0v) is 14.6. The van der Waals surface area contributed by atoms with Gasteiger partial charge in [0.25, 0.3) is 11.5 Å². The Hall–Kier alpha value is -2.96. The van der Waals surface area contributed by atoms with Crippen molar-refractivity contribution in [2.75, 3.05) is 6.61 Å². The molecule has 0 bridgehead atoms. The standard InChI is InChI=1S/C19H21FN2O4/c1-13(2)17(21-18(24)14-6-8-15(20)9-7-14)19(25)26-12-11-22-10-4-3-5-16(22)23/h3-10,13,17H,11-12H2,1-2H3,(H,21,24). The molecule has 0 aliphatic heterocycles. The first-order chi connectivity index (χ1) is 12.4. The van der Waals surface area contributed by atoms with Gasteiger partial charge in [0.05, 0.1) is 6.54 Å². The molecule has 0 spiro atoms. The number of nitrogens with zero attached hydrogens (tertiary/aromatic N) is 1. The lowest BCUT2D eigenvalue weighted by atomic mass is 10.0. The topological polar surface area (TPSA) is 77.4 Å². The summed E-state index contributed by atoms with van der Waals surface area (Å²) in [6.45, 7) is 3.79. The van der Waals surface area contributed by atoms with Crippen molar-refractivity contribution in [1.29, 1.82) is 0 Å². The molecule has 1 aromatic heterocycles. The predicted molar refractivity (Wildman–Crippen MR) is 94.2 cm³/mol. The van der Waals surface area contributed by atoms with Crippen molar-refractivity contribution < 1.29 is 18.7 Å². The molecule has 1 amide bonds.